The Morgan fingerprint density at radius 3 is 1.96 bits per heavy atom. The van der Waals surface area contributed by atoms with Crippen LogP contribution in [-0.2, 0) is 0 Å². The van der Waals surface area contributed by atoms with Gasteiger partial charge in [0.15, 0.2) is 0 Å². The molecule has 124 valence electrons. The first kappa shape index (κ1) is 14.3. The summed E-state index contributed by atoms with van der Waals surface area (Å²) in [7, 11) is 0. The highest BCUT2D eigenvalue weighted by molar-refractivity contribution is 6.33. The monoisotopic (exact) mass is 336 g/mol. The van der Waals surface area contributed by atoms with E-state index in [0.717, 1.165) is 32.7 Å². The van der Waals surface area contributed by atoms with Gasteiger partial charge in [0.25, 0.3) is 0 Å². The molecule has 2 atom stereocenters. The average molecular weight is 336 g/mol. The number of hydrogen-bond donors (Lipinski definition) is 2. The van der Waals surface area contributed by atoms with E-state index in [1.807, 2.05) is 24.3 Å². The Kier molecular flexibility index (Phi) is 2.64. The van der Waals surface area contributed by atoms with Crippen molar-refractivity contribution in [3.05, 3.63) is 83.9 Å². The maximum Gasteiger partial charge on any atom is 0.110 e. The second kappa shape index (κ2) is 4.82. The number of hydrogen-bond acceptors (Lipinski definition) is 2. The maximum atomic E-state index is 10.9. The summed E-state index contributed by atoms with van der Waals surface area (Å²) in [4.78, 5) is 0. The van der Waals surface area contributed by atoms with Gasteiger partial charge in [-0.05, 0) is 60.3 Å². The van der Waals surface area contributed by atoms with Crippen LogP contribution in [0.5, 0.6) is 0 Å². The third-order valence-corrected chi connectivity index (χ3v) is 5.85. The Balaban J connectivity index is 2.09. The molecule has 5 aromatic carbocycles. The lowest BCUT2D eigenvalue weighted by molar-refractivity contribution is 0.0179. The van der Waals surface area contributed by atoms with E-state index in [2.05, 4.69) is 48.5 Å². The lowest BCUT2D eigenvalue weighted by Crippen LogP contribution is -2.15. The molecule has 1 aliphatic carbocycles. The zero-order valence-electron chi connectivity index (χ0n) is 14.0. The number of fused-ring (bicyclic) bond motifs is 5. The van der Waals surface area contributed by atoms with Crippen molar-refractivity contribution in [1.29, 1.82) is 0 Å². The van der Waals surface area contributed by atoms with E-state index < -0.39 is 12.2 Å². The van der Waals surface area contributed by atoms with Crippen LogP contribution in [0.4, 0.5) is 0 Å². The summed E-state index contributed by atoms with van der Waals surface area (Å²) < 4.78 is 0. The highest BCUT2D eigenvalue weighted by Gasteiger charge is 2.31. The smallest absolute Gasteiger partial charge is 0.110 e. The molecule has 26 heavy (non-hydrogen) atoms. The summed E-state index contributed by atoms with van der Waals surface area (Å²) in [5.74, 6) is 0. The molecule has 0 aromatic heterocycles. The van der Waals surface area contributed by atoms with Crippen LogP contribution >= 0.6 is 0 Å². The summed E-state index contributed by atoms with van der Waals surface area (Å²) in [5, 5.41) is 30.7. The zero-order chi connectivity index (χ0) is 17.4. The Morgan fingerprint density at radius 1 is 0.500 bits per heavy atom. The lowest BCUT2D eigenvalue weighted by atomic mass is 9.79. The van der Waals surface area contributed by atoms with Crippen molar-refractivity contribution >= 4 is 43.1 Å². The van der Waals surface area contributed by atoms with Crippen LogP contribution in [0.2, 0.25) is 0 Å². The van der Waals surface area contributed by atoms with Gasteiger partial charge in [0.2, 0.25) is 0 Å². The van der Waals surface area contributed by atoms with Gasteiger partial charge < -0.3 is 10.2 Å². The van der Waals surface area contributed by atoms with Gasteiger partial charge in [-0.2, -0.15) is 0 Å². The molecule has 0 amide bonds. The van der Waals surface area contributed by atoms with Crippen LogP contribution in [0.25, 0.3) is 43.1 Å². The van der Waals surface area contributed by atoms with Crippen molar-refractivity contribution in [2.75, 3.05) is 0 Å². The van der Waals surface area contributed by atoms with Gasteiger partial charge in [-0.1, -0.05) is 66.7 Å². The first-order valence-electron chi connectivity index (χ1n) is 8.90. The first-order chi connectivity index (χ1) is 12.8. The second-order valence-corrected chi connectivity index (χ2v) is 7.14. The molecule has 0 radical (unpaired) electrons. The van der Waals surface area contributed by atoms with Gasteiger partial charge in [0, 0.05) is 0 Å². The molecular formula is C24H16O2. The van der Waals surface area contributed by atoms with Crippen LogP contribution in [-0.4, -0.2) is 10.2 Å². The first-order valence-corrected chi connectivity index (χ1v) is 8.90. The molecule has 0 saturated heterocycles. The highest BCUT2D eigenvalue weighted by Crippen LogP contribution is 2.49. The van der Waals surface area contributed by atoms with Crippen molar-refractivity contribution in [3.63, 3.8) is 0 Å². The normalized spacial score (nSPS) is 19.2. The molecule has 2 nitrogen and oxygen atoms in total. The maximum absolute atomic E-state index is 10.9. The van der Waals surface area contributed by atoms with Crippen molar-refractivity contribution in [2.45, 2.75) is 12.2 Å². The van der Waals surface area contributed by atoms with Crippen molar-refractivity contribution in [1.82, 2.24) is 0 Å². The van der Waals surface area contributed by atoms with Crippen LogP contribution in [0.15, 0.2) is 72.8 Å². The van der Waals surface area contributed by atoms with Gasteiger partial charge in [0.05, 0.1) is 0 Å². The number of aliphatic hydroxyl groups excluding tert-OH is 2. The minimum atomic E-state index is -0.915. The van der Waals surface area contributed by atoms with E-state index in [1.54, 1.807) is 0 Å². The minimum absolute atomic E-state index is 0.813. The lowest BCUT2D eigenvalue weighted by Gasteiger charge is -2.29. The molecule has 0 bridgehead atoms. The zero-order valence-corrected chi connectivity index (χ0v) is 14.0. The van der Waals surface area contributed by atoms with E-state index in [0.29, 0.717) is 0 Å². The van der Waals surface area contributed by atoms with E-state index in [1.165, 1.54) is 21.5 Å². The standard InChI is InChI=1S/C24H16O2/c25-23-18-11-5-10-17-15-8-3-4-9-16(15)20-14-7-2-1-6-13(14)12-19(24(23)26)22(20)21(17)18/h1-12,23-26H. The minimum Gasteiger partial charge on any atom is -0.385 e. The predicted molar refractivity (Wildman–Crippen MR) is 106 cm³/mol. The summed E-state index contributed by atoms with van der Waals surface area (Å²) >= 11 is 0. The molecule has 0 spiro atoms. The Hall–Kier alpha value is -2.94. The van der Waals surface area contributed by atoms with Crippen LogP contribution < -0.4 is 0 Å². The molecule has 6 rings (SSSR count). The largest absolute Gasteiger partial charge is 0.385 e. The summed E-state index contributed by atoms with van der Waals surface area (Å²) in [6.07, 6.45) is -1.82. The third-order valence-electron chi connectivity index (χ3n) is 5.85. The summed E-state index contributed by atoms with van der Waals surface area (Å²) in [6, 6.07) is 24.8. The quantitative estimate of drug-likeness (QED) is 0.373. The summed E-state index contributed by atoms with van der Waals surface area (Å²) in [6.45, 7) is 0. The number of rotatable bonds is 0. The second-order valence-electron chi connectivity index (χ2n) is 7.14. The fraction of sp³-hybridized carbons (Fsp3) is 0.0833. The fourth-order valence-electron chi connectivity index (χ4n) is 4.75. The Morgan fingerprint density at radius 2 is 1.12 bits per heavy atom. The van der Waals surface area contributed by atoms with Crippen molar-refractivity contribution in [2.24, 2.45) is 0 Å². The molecule has 1 aliphatic rings. The molecule has 2 heteroatoms. The number of aliphatic hydroxyl groups is 2. The number of benzene rings is 5. The van der Waals surface area contributed by atoms with Crippen LogP contribution in [0.1, 0.15) is 23.3 Å². The average Bonchev–Trinajstić information content (AvgIpc) is 2.70. The van der Waals surface area contributed by atoms with Crippen LogP contribution in [0.3, 0.4) is 0 Å². The van der Waals surface area contributed by atoms with E-state index in [9.17, 15) is 10.2 Å². The SMILES string of the molecule is OC1c2cccc3c4ccccc4c4c5ccccc5cc(c4c23)C1O. The molecule has 2 unspecified atom stereocenters. The predicted octanol–water partition coefficient (Wildman–Crippen LogP) is 5.38. The third kappa shape index (κ3) is 1.59. The molecule has 0 heterocycles. The van der Waals surface area contributed by atoms with Gasteiger partial charge >= 0.3 is 0 Å². The Labute approximate surface area is 149 Å². The van der Waals surface area contributed by atoms with E-state index in [-0.39, 0.29) is 0 Å². The van der Waals surface area contributed by atoms with Crippen molar-refractivity contribution < 1.29 is 10.2 Å². The van der Waals surface area contributed by atoms with E-state index in [4.69, 9.17) is 0 Å². The molecule has 0 aliphatic heterocycles. The van der Waals surface area contributed by atoms with Gasteiger partial charge in [0.1, 0.15) is 12.2 Å². The molecule has 0 fully saturated rings. The topological polar surface area (TPSA) is 40.5 Å². The van der Waals surface area contributed by atoms with E-state index >= 15 is 0 Å². The van der Waals surface area contributed by atoms with Gasteiger partial charge in [-0.25, -0.2) is 0 Å². The Bertz CT molecular complexity index is 1360. The van der Waals surface area contributed by atoms with Gasteiger partial charge in [-0.3, -0.25) is 0 Å². The highest BCUT2D eigenvalue weighted by atomic mass is 16.3. The summed E-state index contributed by atoms with van der Waals surface area (Å²) in [5.41, 5.74) is 1.63. The van der Waals surface area contributed by atoms with Gasteiger partial charge in [-0.15, -0.1) is 0 Å². The van der Waals surface area contributed by atoms with Crippen molar-refractivity contribution in [3.8, 4) is 0 Å². The van der Waals surface area contributed by atoms with Crippen LogP contribution in [0, 0.1) is 0 Å². The molecular weight excluding hydrogens is 320 g/mol. The molecule has 5 aromatic rings. The molecule has 2 N–H and O–H groups in total. The fourth-order valence-corrected chi connectivity index (χ4v) is 4.75. The molecule has 0 saturated carbocycles.